The van der Waals surface area contributed by atoms with E-state index in [0.717, 1.165) is 51.6 Å². The lowest BCUT2D eigenvalue weighted by molar-refractivity contribution is 0.104. The standard InChI is InChI=1S/C13H28ClNO2/c1-3-5-13(6-7-14)12-15-8-11-17-10-4-9-16-2/h13,15H,3-12H2,1-2H3. The zero-order chi connectivity index (χ0) is 12.8. The lowest BCUT2D eigenvalue weighted by Crippen LogP contribution is -2.26. The Kier molecular flexibility index (Phi) is 14.4. The van der Waals surface area contributed by atoms with Crippen LogP contribution < -0.4 is 5.32 Å². The summed E-state index contributed by atoms with van der Waals surface area (Å²) in [5, 5.41) is 3.43. The van der Waals surface area contributed by atoms with E-state index in [9.17, 15) is 0 Å². The summed E-state index contributed by atoms with van der Waals surface area (Å²) in [5.74, 6) is 1.48. The van der Waals surface area contributed by atoms with E-state index in [1.165, 1.54) is 12.8 Å². The zero-order valence-corrected chi connectivity index (χ0v) is 12.1. The lowest BCUT2D eigenvalue weighted by atomic mass is 10.0. The van der Waals surface area contributed by atoms with E-state index in [1.54, 1.807) is 7.11 Å². The van der Waals surface area contributed by atoms with Crippen LogP contribution in [0.25, 0.3) is 0 Å². The topological polar surface area (TPSA) is 30.5 Å². The molecule has 0 rings (SSSR count). The van der Waals surface area contributed by atoms with Crippen LogP contribution in [0.3, 0.4) is 0 Å². The molecule has 1 N–H and O–H groups in total. The van der Waals surface area contributed by atoms with Crippen LogP contribution >= 0.6 is 11.6 Å². The van der Waals surface area contributed by atoms with Crippen LogP contribution in [0.1, 0.15) is 32.6 Å². The molecular formula is C13H28ClNO2. The normalized spacial score (nSPS) is 12.9. The maximum absolute atomic E-state index is 5.78. The van der Waals surface area contributed by atoms with Gasteiger partial charge in [0.25, 0.3) is 0 Å². The number of halogens is 1. The summed E-state index contributed by atoms with van der Waals surface area (Å²) >= 11 is 5.78. The molecule has 0 saturated heterocycles. The fraction of sp³-hybridized carbons (Fsp3) is 1.00. The summed E-state index contributed by atoms with van der Waals surface area (Å²) in [6, 6.07) is 0. The van der Waals surface area contributed by atoms with Gasteiger partial charge in [-0.3, -0.25) is 0 Å². The monoisotopic (exact) mass is 265 g/mol. The van der Waals surface area contributed by atoms with E-state index in [1.807, 2.05) is 0 Å². The molecule has 0 heterocycles. The quantitative estimate of drug-likeness (QED) is 0.410. The van der Waals surface area contributed by atoms with Crippen LogP contribution in [0.2, 0.25) is 0 Å². The number of rotatable bonds is 13. The molecule has 1 atom stereocenters. The second kappa shape index (κ2) is 14.2. The van der Waals surface area contributed by atoms with Crippen LogP contribution in [0, 0.1) is 5.92 Å². The first-order chi connectivity index (χ1) is 8.35. The van der Waals surface area contributed by atoms with Gasteiger partial charge in [-0.1, -0.05) is 13.3 Å². The average Bonchev–Trinajstić information content (AvgIpc) is 2.33. The van der Waals surface area contributed by atoms with Crippen molar-refractivity contribution in [3.05, 3.63) is 0 Å². The summed E-state index contributed by atoms with van der Waals surface area (Å²) in [4.78, 5) is 0. The van der Waals surface area contributed by atoms with Crippen LogP contribution in [-0.4, -0.2) is 45.9 Å². The second-order valence-electron chi connectivity index (χ2n) is 4.30. The molecule has 0 aliphatic carbocycles. The molecule has 0 bridgehead atoms. The maximum Gasteiger partial charge on any atom is 0.0590 e. The molecule has 0 aromatic carbocycles. The lowest BCUT2D eigenvalue weighted by Gasteiger charge is -2.15. The Morgan fingerprint density at radius 3 is 2.65 bits per heavy atom. The summed E-state index contributed by atoms with van der Waals surface area (Å²) < 4.78 is 10.4. The maximum atomic E-state index is 5.78. The van der Waals surface area contributed by atoms with E-state index >= 15 is 0 Å². The van der Waals surface area contributed by atoms with Gasteiger partial charge >= 0.3 is 0 Å². The van der Waals surface area contributed by atoms with Crippen LogP contribution in [0.4, 0.5) is 0 Å². The van der Waals surface area contributed by atoms with Crippen molar-refractivity contribution in [3.63, 3.8) is 0 Å². The Labute approximate surface area is 111 Å². The third-order valence-electron chi connectivity index (χ3n) is 2.71. The third kappa shape index (κ3) is 12.4. The molecule has 3 nitrogen and oxygen atoms in total. The molecule has 104 valence electrons. The van der Waals surface area contributed by atoms with Crippen molar-refractivity contribution < 1.29 is 9.47 Å². The predicted molar refractivity (Wildman–Crippen MR) is 73.9 cm³/mol. The molecule has 0 spiro atoms. The molecule has 0 aromatic heterocycles. The highest BCUT2D eigenvalue weighted by atomic mass is 35.5. The van der Waals surface area contributed by atoms with E-state index in [4.69, 9.17) is 21.1 Å². The minimum absolute atomic E-state index is 0.714. The predicted octanol–water partition coefficient (Wildman–Crippen LogP) is 2.67. The highest BCUT2D eigenvalue weighted by Gasteiger charge is 2.05. The molecule has 0 amide bonds. The van der Waals surface area contributed by atoms with Crippen LogP contribution in [0.15, 0.2) is 0 Å². The Morgan fingerprint density at radius 2 is 2.00 bits per heavy atom. The first kappa shape index (κ1) is 17.2. The molecule has 0 fully saturated rings. The highest BCUT2D eigenvalue weighted by Crippen LogP contribution is 2.10. The zero-order valence-electron chi connectivity index (χ0n) is 11.3. The van der Waals surface area contributed by atoms with Crippen molar-refractivity contribution >= 4 is 11.6 Å². The SMILES string of the molecule is CCCC(CCCl)CNCCOCCCOC. The molecular weight excluding hydrogens is 238 g/mol. The summed E-state index contributed by atoms with van der Waals surface area (Å²) in [5.41, 5.74) is 0. The Balaban J connectivity index is 3.23. The van der Waals surface area contributed by atoms with Crippen molar-refractivity contribution in [2.24, 2.45) is 5.92 Å². The Morgan fingerprint density at radius 1 is 1.18 bits per heavy atom. The van der Waals surface area contributed by atoms with Gasteiger partial charge in [-0.05, 0) is 31.7 Å². The number of nitrogens with one attached hydrogen (secondary N) is 1. The number of hydrogen-bond donors (Lipinski definition) is 1. The minimum atomic E-state index is 0.714. The van der Waals surface area contributed by atoms with E-state index < -0.39 is 0 Å². The number of hydrogen-bond acceptors (Lipinski definition) is 3. The van der Waals surface area contributed by atoms with Crippen molar-refractivity contribution in [2.75, 3.05) is 45.9 Å². The van der Waals surface area contributed by atoms with Crippen LogP contribution in [0.5, 0.6) is 0 Å². The molecule has 1 unspecified atom stereocenters. The first-order valence-electron chi connectivity index (χ1n) is 6.68. The van der Waals surface area contributed by atoms with Crippen molar-refractivity contribution in [3.8, 4) is 0 Å². The van der Waals surface area contributed by atoms with Crippen molar-refractivity contribution in [1.82, 2.24) is 5.32 Å². The summed E-state index contributed by atoms with van der Waals surface area (Å²) in [7, 11) is 1.71. The Hall–Kier alpha value is 0.170. The molecule has 4 heteroatoms. The molecule has 0 radical (unpaired) electrons. The third-order valence-corrected chi connectivity index (χ3v) is 2.93. The Bertz CT molecular complexity index is 141. The largest absolute Gasteiger partial charge is 0.385 e. The molecule has 0 aliphatic rings. The van der Waals surface area contributed by atoms with Crippen molar-refractivity contribution in [2.45, 2.75) is 32.6 Å². The summed E-state index contributed by atoms with van der Waals surface area (Å²) in [6.07, 6.45) is 4.57. The van der Waals surface area contributed by atoms with Gasteiger partial charge < -0.3 is 14.8 Å². The molecule has 0 saturated carbocycles. The van der Waals surface area contributed by atoms with E-state index in [2.05, 4.69) is 12.2 Å². The van der Waals surface area contributed by atoms with E-state index in [-0.39, 0.29) is 0 Å². The van der Waals surface area contributed by atoms with Gasteiger partial charge in [0.1, 0.15) is 0 Å². The smallest absolute Gasteiger partial charge is 0.0590 e. The highest BCUT2D eigenvalue weighted by molar-refractivity contribution is 6.17. The van der Waals surface area contributed by atoms with Crippen LogP contribution in [-0.2, 0) is 9.47 Å². The van der Waals surface area contributed by atoms with E-state index in [0.29, 0.717) is 5.92 Å². The van der Waals surface area contributed by atoms with Gasteiger partial charge in [-0.2, -0.15) is 0 Å². The summed E-state index contributed by atoms with van der Waals surface area (Å²) in [6.45, 7) is 6.55. The fourth-order valence-corrected chi connectivity index (χ4v) is 2.08. The van der Waals surface area contributed by atoms with Crippen molar-refractivity contribution in [1.29, 1.82) is 0 Å². The molecule has 0 aromatic rings. The van der Waals surface area contributed by atoms with Gasteiger partial charge in [-0.25, -0.2) is 0 Å². The van der Waals surface area contributed by atoms with Gasteiger partial charge in [0.05, 0.1) is 6.61 Å². The van der Waals surface area contributed by atoms with Gasteiger partial charge in [0, 0.05) is 32.7 Å². The number of methoxy groups -OCH3 is 1. The number of ether oxygens (including phenoxy) is 2. The molecule has 17 heavy (non-hydrogen) atoms. The molecule has 0 aliphatic heterocycles. The number of alkyl halides is 1. The van der Waals surface area contributed by atoms with Gasteiger partial charge in [0.15, 0.2) is 0 Å². The van der Waals surface area contributed by atoms with Gasteiger partial charge in [0.2, 0.25) is 0 Å². The minimum Gasteiger partial charge on any atom is -0.385 e. The fourth-order valence-electron chi connectivity index (χ4n) is 1.77. The average molecular weight is 266 g/mol. The van der Waals surface area contributed by atoms with Gasteiger partial charge in [-0.15, -0.1) is 11.6 Å². The second-order valence-corrected chi connectivity index (χ2v) is 4.67. The first-order valence-corrected chi connectivity index (χ1v) is 7.22.